The van der Waals surface area contributed by atoms with Crippen molar-refractivity contribution in [3.05, 3.63) is 0 Å². The predicted octanol–water partition coefficient (Wildman–Crippen LogP) is 3.77. The first kappa shape index (κ1) is 10.8. The summed E-state index contributed by atoms with van der Waals surface area (Å²) in [4.78, 5) is 0. The molecule has 0 aliphatic rings. The first-order chi connectivity index (χ1) is 5.02. The molecule has 0 radical (unpaired) electrons. The van der Waals surface area contributed by atoms with E-state index in [-0.39, 0.29) is 12.8 Å². The number of alkyl halides is 3. The van der Waals surface area contributed by atoms with Crippen molar-refractivity contribution in [1.82, 2.24) is 0 Å². The Hall–Kier alpha value is -0.210. The zero-order chi connectivity index (χ0) is 8.91. The fourth-order valence-electron chi connectivity index (χ4n) is 1.17. The van der Waals surface area contributed by atoms with Crippen LogP contribution in [0.2, 0.25) is 0 Å². The quantitative estimate of drug-likeness (QED) is 0.599. The van der Waals surface area contributed by atoms with Gasteiger partial charge in [-0.15, -0.1) is 0 Å². The van der Waals surface area contributed by atoms with Crippen molar-refractivity contribution in [1.29, 1.82) is 0 Å². The molecule has 0 aliphatic heterocycles. The van der Waals surface area contributed by atoms with E-state index in [0.717, 1.165) is 0 Å². The van der Waals surface area contributed by atoms with Gasteiger partial charge < -0.3 is 0 Å². The van der Waals surface area contributed by atoms with Gasteiger partial charge in [-0.25, -0.2) is 0 Å². The van der Waals surface area contributed by atoms with Crippen LogP contribution in [-0.2, 0) is 0 Å². The van der Waals surface area contributed by atoms with E-state index in [1.807, 2.05) is 0 Å². The van der Waals surface area contributed by atoms with Crippen LogP contribution in [0.4, 0.5) is 13.2 Å². The van der Waals surface area contributed by atoms with Crippen LogP contribution in [0.5, 0.6) is 0 Å². The van der Waals surface area contributed by atoms with Gasteiger partial charge in [-0.05, 0) is 12.8 Å². The van der Waals surface area contributed by atoms with Crippen molar-refractivity contribution in [2.45, 2.75) is 45.7 Å². The van der Waals surface area contributed by atoms with E-state index in [1.54, 1.807) is 13.8 Å². The Bertz CT molecular complexity index is 90.0. The van der Waals surface area contributed by atoms with Gasteiger partial charge in [0.1, 0.15) is 0 Å². The standard InChI is InChI=1S/C8H15F3/c1-3-5-7(6-4-2)8(9,10)11/h7H,3-6H2,1-2H3. The van der Waals surface area contributed by atoms with Gasteiger partial charge in [0.05, 0.1) is 5.92 Å². The van der Waals surface area contributed by atoms with Crippen LogP contribution in [0, 0.1) is 5.92 Å². The van der Waals surface area contributed by atoms with Crippen LogP contribution in [0.3, 0.4) is 0 Å². The summed E-state index contributed by atoms with van der Waals surface area (Å²) in [6, 6.07) is 0. The summed E-state index contributed by atoms with van der Waals surface area (Å²) in [6.45, 7) is 3.57. The van der Waals surface area contributed by atoms with E-state index >= 15 is 0 Å². The third kappa shape index (κ3) is 4.27. The summed E-state index contributed by atoms with van der Waals surface area (Å²) in [5.74, 6) is -1.07. The molecule has 68 valence electrons. The van der Waals surface area contributed by atoms with E-state index in [0.29, 0.717) is 12.8 Å². The SMILES string of the molecule is CCCC(CCC)C(F)(F)F. The summed E-state index contributed by atoms with van der Waals surface area (Å²) in [5, 5.41) is 0. The smallest absolute Gasteiger partial charge is 0.171 e. The predicted molar refractivity (Wildman–Crippen MR) is 39.4 cm³/mol. The lowest BCUT2D eigenvalue weighted by Crippen LogP contribution is -2.22. The Morgan fingerprint density at radius 2 is 1.36 bits per heavy atom. The molecular formula is C8H15F3. The van der Waals surface area contributed by atoms with Gasteiger partial charge in [0.25, 0.3) is 0 Å². The lowest BCUT2D eigenvalue weighted by Gasteiger charge is -2.18. The van der Waals surface area contributed by atoms with Crippen LogP contribution in [0.1, 0.15) is 39.5 Å². The molecule has 0 heterocycles. The van der Waals surface area contributed by atoms with Gasteiger partial charge in [0, 0.05) is 0 Å². The lowest BCUT2D eigenvalue weighted by molar-refractivity contribution is -0.178. The van der Waals surface area contributed by atoms with Gasteiger partial charge in [-0.2, -0.15) is 13.2 Å². The molecule has 0 amide bonds. The van der Waals surface area contributed by atoms with Crippen molar-refractivity contribution in [2.75, 3.05) is 0 Å². The monoisotopic (exact) mass is 168 g/mol. The molecule has 0 aliphatic carbocycles. The number of rotatable bonds is 4. The molecule has 0 rings (SSSR count). The van der Waals surface area contributed by atoms with E-state index in [1.165, 1.54) is 0 Å². The molecule has 0 spiro atoms. The van der Waals surface area contributed by atoms with Gasteiger partial charge in [0.2, 0.25) is 0 Å². The van der Waals surface area contributed by atoms with Crippen LogP contribution in [0.15, 0.2) is 0 Å². The van der Waals surface area contributed by atoms with Gasteiger partial charge >= 0.3 is 6.18 Å². The molecule has 0 nitrogen and oxygen atoms in total. The third-order valence-electron chi connectivity index (χ3n) is 1.74. The molecule has 0 bridgehead atoms. The van der Waals surface area contributed by atoms with Crippen molar-refractivity contribution in [3.8, 4) is 0 Å². The molecule has 0 fully saturated rings. The number of hydrogen-bond acceptors (Lipinski definition) is 0. The van der Waals surface area contributed by atoms with Crippen molar-refractivity contribution in [3.63, 3.8) is 0 Å². The number of hydrogen-bond donors (Lipinski definition) is 0. The van der Waals surface area contributed by atoms with Crippen molar-refractivity contribution < 1.29 is 13.2 Å². The Kier molecular flexibility index (Phi) is 4.54. The minimum atomic E-state index is -3.98. The Labute approximate surface area is 65.8 Å². The minimum Gasteiger partial charge on any atom is -0.171 e. The third-order valence-corrected chi connectivity index (χ3v) is 1.74. The largest absolute Gasteiger partial charge is 0.391 e. The van der Waals surface area contributed by atoms with E-state index in [4.69, 9.17) is 0 Å². The van der Waals surface area contributed by atoms with Crippen LogP contribution in [-0.4, -0.2) is 6.18 Å². The lowest BCUT2D eigenvalue weighted by atomic mass is 9.98. The molecule has 0 N–H and O–H groups in total. The Morgan fingerprint density at radius 3 is 1.55 bits per heavy atom. The van der Waals surface area contributed by atoms with Crippen molar-refractivity contribution >= 4 is 0 Å². The summed E-state index contributed by atoms with van der Waals surface area (Å²) in [5.41, 5.74) is 0. The maximum absolute atomic E-state index is 12.1. The molecule has 11 heavy (non-hydrogen) atoms. The zero-order valence-corrected chi connectivity index (χ0v) is 7.04. The maximum atomic E-state index is 12.1. The highest BCUT2D eigenvalue weighted by atomic mass is 19.4. The highest BCUT2D eigenvalue weighted by Gasteiger charge is 2.37. The Balaban J connectivity index is 3.88. The van der Waals surface area contributed by atoms with E-state index in [2.05, 4.69) is 0 Å². The van der Waals surface area contributed by atoms with Gasteiger partial charge in [-0.1, -0.05) is 26.7 Å². The summed E-state index contributed by atoms with van der Waals surface area (Å²) >= 11 is 0. The van der Waals surface area contributed by atoms with Crippen LogP contribution < -0.4 is 0 Å². The highest BCUT2D eigenvalue weighted by Crippen LogP contribution is 2.32. The zero-order valence-electron chi connectivity index (χ0n) is 7.04. The Morgan fingerprint density at radius 1 is 1.00 bits per heavy atom. The van der Waals surface area contributed by atoms with Crippen LogP contribution in [0.25, 0.3) is 0 Å². The molecule has 3 heteroatoms. The van der Waals surface area contributed by atoms with E-state index < -0.39 is 12.1 Å². The first-order valence-corrected chi connectivity index (χ1v) is 4.09. The molecular weight excluding hydrogens is 153 g/mol. The molecule has 0 aromatic carbocycles. The van der Waals surface area contributed by atoms with Gasteiger partial charge in [-0.3, -0.25) is 0 Å². The second-order valence-electron chi connectivity index (χ2n) is 2.82. The average Bonchev–Trinajstić information content (AvgIpc) is 1.85. The second-order valence-corrected chi connectivity index (χ2v) is 2.82. The molecule has 0 saturated carbocycles. The number of halogens is 3. The normalized spacial score (nSPS) is 12.5. The summed E-state index contributed by atoms with van der Waals surface area (Å²) in [7, 11) is 0. The van der Waals surface area contributed by atoms with Gasteiger partial charge in [0.15, 0.2) is 0 Å². The van der Waals surface area contributed by atoms with Crippen molar-refractivity contribution in [2.24, 2.45) is 5.92 Å². The molecule has 0 unspecified atom stereocenters. The topological polar surface area (TPSA) is 0 Å². The highest BCUT2D eigenvalue weighted by molar-refractivity contribution is 4.66. The molecule has 0 atom stereocenters. The van der Waals surface area contributed by atoms with E-state index in [9.17, 15) is 13.2 Å². The molecule has 0 aromatic rings. The summed E-state index contributed by atoms with van der Waals surface area (Å²) in [6.07, 6.45) is -2.20. The average molecular weight is 168 g/mol. The fourth-order valence-corrected chi connectivity index (χ4v) is 1.17. The van der Waals surface area contributed by atoms with Crippen LogP contribution >= 0.6 is 0 Å². The minimum absolute atomic E-state index is 0.275. The second kappa shape index (κ2) is 4.62. The molecule has 0 saturated heterocycles. The fraction of sp³-hybridized carbons (Fsp3) is 1.00. The maximum Gasteiger partial charge on any atom is 0.391 e. The molecule has 0 aromatic heterocycles. The summed E-state index contributed by atoms with van der Waals surface area (Å²) < 4.78 is 36.3. The first-order valence-electron chi connectivity index (χ1n) is 4.09.